The first-order valence-corrected chi connectivity index (χ1v) is 7.95. The molecular formula is C14H15F2NO2S. The van der Waals surface area contributed by atoms with Gasteiger partial charge in [-0.1, -0.05) is 19.8 Å². The van der Waals surface area contributed by atoms with Crippen LogP contribution in [-0.2, 0) is 9.84 Å². The van der Waals surface area contributed by atoms with Crippen LogP contribution in [0, 0.1) is 28.9 Å². The van der Waals surface area contributed by atoms with Crippen molar-refractivity contribution in [2.45, 2.75) is 42.2 Å². The van der Waals surface area contributed by atoms with Gasteiger partial charge in [0.05, 0.1) is 6.07 Å². The Morgan fingerprint density at radius 2 is 2.05 bits per heavy atom. The fourth-order valence-corrected chi connectivity index (χ4v) is 4.79. The Hall–Kier alpha value is -1.48. The van der Waals surface area contributed by atoms with Crippen molar-refractivity contribution in [3.8, 4) is 6.07 Å². The van der Waals surface area contributed by atoms with E-state index in [1.165, 1.54) is 0 Å². The molecule has 0 spiro atoms. The zero-order valence-corrected chi connectivity index (χ0v) is 11.9. The highest BCUT2D eigenvalue weighted by Crippen LogP contribution is 2.48. The van der Waals surface area contributed by atoms with E-state index in [0.717, 1.165) is 25.0 Å². The summed E-state index contributed by atoms with van der Waals surface area (Å²) in [6.07, 6.45) is 2.12. The number of nitriles is 1. The van der Waals surface area contributed by atoms with Gasteiger partial charge in [0.1, 0.15) is 16.5 Å². The SMILES string of the molecule is CCCC1CC(C#N)(S(=O)(=O)c2cc(F)ccc2F)C1. The van der Waals surface area contributed by atoms with Crippen LogP contribution in [0.5, 0.6) is 0 Å². The molecule has 0 amide bonds. The largest absolute Gasteiger partial charge is 0.222 e. The van der Waals surface area contributed by atoms with E-state index >= 15 is 0 Å². The van der Waals surface area contributed by atoms with E-state index in [4.69, 9.17) is 0 Å². The highest BCUT2D eigenvalue weighted by molar-refractivity contribution is 7.93. The maximum atomic E-state index is 13.7. The third-order valence-corrected chi connectivity index (χ3v) is 6.18. The van der Waals surface area contributed by atoms with Crippen LogP contribution in [-0.4, -0.2) is 13.2 Å². The van der Waals surface area contributed by atoms with Crippen LogP contribution in [0.2, 0.25) is 0 Å². The molecule has 0 heterocycles. The van der Waals surface area contributed by atoms with Crippen LogP contribution < -0.4 is 0 Å². The fourth-order valence-electron chi connectivity index (χ4n) is 2.75. The van der Waals surface area contributed by atoms with Gasteiger partial charge in [-0.25, -0.2) is 17.2 Å². The molecule has 0 unspecified atom stereocenters. The van der Waals surface area contributed by atoms with Gasteiger partial charge in [0.25, 0.3) is 0 Å². The molecule has 1 aromatic carbocycles. The van der Waals surface area contributed by atoms with E-state index in [2.05, 4.69) is 0 Å². The summed E-state index contributed by atoms with van der Waals surface area (Å²) in [6.45, 7) is 1.98. The topological polar surface area (TPSA) is 57.9 Å². The number of halogens is 2. The van der Waals surface area contributed by atoms with Crippen molar-refractivity contribution in [2.24, 2.45) is 5.92 Å². The van der Waals surface area contributed by atoms with Gasteiger partial charge in [-0.15, -0.1) is 0 Å². The molecule has 1 fully saturated rings. The van der Waals surface area contributed by atoms with Crippen LogP contribution in [0.25, 0.3) is 0 Å². The summed E-state index contributed by atoms with van der Waals surface area (Å²) in [6, 6.07) is 4.09. The van der Waals surface area contributed by atoms with E-state index in [1.807, 2.05) is 13.0 Å². The van der Waals surface area contributed by atoms with E-state index in [0.29, 0.717) is 6.07 Å². The van der Waals surface area contributed by atoms with Gasteiger partial charge >= 0.3 is 0 Å². The van der Waals surface area contributed by atoms with E-state index in [9.17, 15) is 22.5 Å². The zero-order chi connectivity index (χ0) is 15.0. The minimum Gasteiger partial charge on any atom is -0.222 e. The lowest BCUT2D eigenvalue weighted by Gasteiger charge is -2.41. The third-order valence-electron chi connectivity index (χ3n) is 3.83. The molecule has 1 aliphatic rings. The van der Waals surface area contributed by atoms with E-state index in [1.54, 1.807) is 0 Å². The summed E-state index contributed by atoms with van der Waals surface area (Å²) in [5.74, 6) is -1.69. The Balaban J connectivity index is 2.40. The maximum Gasteiger partial charge on any atom is 0.200 e. The predicted molar refractivity (Wildman–Crippen MR) is 69.5 cm³/mol. The van der Waals surface area contributed by atoms with Crippen molar-refractivity contribution in [1.82, 2.24) is 0 Å². The van der Waals surface area contributed by atoms with Gasteiger partial charge in [0.2, 0.25) is 0 Å². The second-order valence-corrected chi connectivity index (χ2v) is 7.48. The average molecular weight is 299 g/mol. The first kappa shape index (κ1) is 14.9. The quantitative estimate of drug-likeness (QED) is 0.857. The molecule has 0 aliphatic heterocycles. The minimum atomic E-state index is -4.19. The molecule has 0 atom stereocenters. The molecule has 2 rings (SSSR count). The standard InChI is InChI=1S/C14H15F2NO2S/c1-2-3-10-7-14(8-10,9-17)20(18,19)13-6-11(15)4-5-12(13)16/h4-6,10H,2-3,7-8H2,1H3. The van der Waals surface area contributed by atoms with E-state index in [-0.39, 0.29) is 18.8 Å². The van der Waals surface area contributed by atoms with Gasteiger partial charge in [-0.05, 0) is 37.0 Å². The van der Waals surface area contributed by atoms with E-state index < -0.39 is 31.1 Å². The van der Waals surface area contributed by atoms with Crippen LogP contribution in [0.4, 0.5) is 8.78 Å². The lowest BCUT2D eigenvalue weighted by atomic mass is 9.73. The smallest absolute Gasteiger partial charge is 0.200 e. The lowest BCUT2D eigenvalue weighted by Crippen LogP contribution is -2.49. The molecule has 1 aliphatic carbocycles. The molecule has 3 nitrogen and oxygen atoms in total. The Morgan fingerprint density at radius 3 is 2.60 bits per heavy atom. The zero-order valence-electron chi connectivity index (χ0n) is 11.1. The molecule has 6 heteroatoms. The molecule has 108 valence electrons. The lowest BCUT2D eigenvalue weighted by molar-refractivity contribution is 0.246. The van der Waals surface area contributed by atoms with Gasteiger partial charge in [0, 0.05) is 0 Å². The number of benzene rings is 1. The number of hydrogen-bond donors (Lipinski definition) is 0. The van der Waals surface area contributed by atoms with Crippen molar-refractivity contribution in [2.75, 3.05) is 0 Å². The highest BCUT2D eigenvalue weighted by Gasteiger charge is 2.55. The molecule has 1 saturated carbocycles. The number of sulfone groups is 1. The first-order chi connectivity index (χ1) is 9.36. The van der Waals surface area contributed by atoms with Gasteiger partial charge in [-0.2, -0.15) is 5.26 Å². The van der Waals surface area contributed by atoms with Gasteiger partial charge < -0.3 is 0 Å². The summed E-state index contributed by atoms with van der Waals surface area (Å²) < 4.78 is 50.2. The second-order valence-electron chi connectivity index (χ2n) is 5.25. The van der Waals surface area contributed by atoms with Crippen LogP contribution >= 0.6 is 0 Å². The van der Waals surface area contributed by atoms with Gasteiger partial charge in [-0.3, -0.25) is 0 Å². The van der Waals surface area contributed by atoms with Crippen LogP contribution in [0.1, 0.15) is 32.6 Å². The molecule has 0 bridgehead atoms. The molecule has 0 N–H and O–H groups in total. The summed E-state index contributed by atoms with van der Waals surface area (Å²) in [5.41, 5.74) is 0. The molecule has 0 radical (unpaired) electrons. The Kier molecular flexibility index (Phi) is 3.83. The first-order valence-electron chi connectivity index (χ1n) is 6.47. The highest BCUT2D eigenvalue weighted by atomic mass is 32.2. The molecular weight excluding hydrogens is 284 g/mol. The number of hydrogen-bond acceptors (Lipinski definition) is 3. The fraction of sp³-hybridized carbons (Fsp3) is 0.500. The monoisotopic (exact) mass is 299 g/mol. The Bertz CT molecular complexity index is 658. The minimum absolute atomic E-state index is 0.158. The number of rotatable bonds is 4. The maximum absolute atomic E-state index is 13.7. The predicted octanol–water partition coefficient (Wildman–Crippen LogP) is 3.21. The van der Waals surface area contributed by atoms with Crippen LogP contribution in [0.3, 0.4) is 0 Å². The van der Waals surface area contributed by atoms with Crippen molar-refractivity contribution in [3.63, 3.8) is 0 Å². The molecule has 0 saturated heterocycles. The molecule has 1 aromatic rings. The summed E-state index contributed by atoms with van der Waals surface area (Å²) in [7, 11) is -4.19. The van der Waals surface area contributed by atoms with Gasteiger partial charge in [0.15, 0.2) is 14.6 Å². The molecule has 0 aromatic heterocycles. The Labute approximate surface area is 117 Å². The average Bonchev–Trinajstić information content (AvgIpc) is 2.35. The summed E-state index contributed by atoms with van der Waals surface area (Å²) in [4.78, 5) is -0.714. The van der Waals surface area contributed by atoms with Crippen molar-refractivity contribution in [3.05, 3.63) is 29.8 Å². The second kappa shape index (κ2) is 5.13. The van der Waals surface area contributed by atoms with Crippen molar-refractivity contribution in [1.29, 1.82) is 5.26 Å². The van der Waals surface area contributed by atoms with Crippen molar-refractivity contribution >= 4 is 9.84 Å². The van der Waals surface area contributed by atoms with Crippen molar-refractivity contribution < 1.29 is 17.2 Å². The Morgan fingerprint density at radius 1 is 1.40 bits per heavy atom. The third kappa shape index (κ3) is 2.20. The summed E-state index contributed by atoms with van der Waals surface area (Å²) in [5, 5.41) is 9.23. The molecule has 20 heavy (non-hydrogen) atoms. The van der Waals surface area contributed by atoms with Crippen LogP contribution in [0.15, 0.2) is 23.1 Å². The normalized spacial score (nSPS) is 25.8. The summed E-state index contributed by atoms with van der Waals surface area (Å²) >= 11 is 0. The number of nitrogens with zero attached hydrogens (tertiary/aromatic N) is 1.